The lowest BCUT2D eigenvalue weighted by Gasteiger charge is -1.98. The van der Waals surface area contributed by atoms with Crippen LogP contribution in [0.5, 0.6) is 0 Å². The number of nitrogens with zero attached hydrogens (tertiary/aromatic N) is 3. The Morgan fingerprint density at radius 1 is 1.47 bits per heavy atom. The van der Waals surface area contributed by atoms with Gasteiger partial charge in [-0.1, -0.05) is 30.6 Å². The van der Waals surface area contributed by atoms with Crippen molar-refractivity contribution in [3.63, 3.8) is 0 Å². The van der Waals surface area contributed by atoms with E-state index in [1.165, 1.54) is 12.1 Å². The Balaban J connectivity index is 2.34. The summed E-state index contributed by atoms with van der Waals surface area (Å²) in [5.74, 6) is 1.24. The van der Waals surface area contributed by atoms with E-state index in [1.807, 2.05) is 13.8 Å². The summed E-state index contributed by atoms with van der Waals surface area (Å²) in [4.78, 5) is 14.5. The standard InChI is InChI=1S/C12H12ClN3O3/c1-7(2)5-11-14-12(15-19-11)8-3-4-9(13)10(6-8)16(17)18/h3-4,6-7H,5H2,1-2H3. The normalized spacial score (nSPS) is 10.9. The molecule has 2 aromatic rings. The highest BCUT2D eigenvalue weighted by Crippen LogP contribution is 2.29. The second-order valence-electron chi connectivity index (χ2n) is 4.53. The Labute approximate surface area is 114 Å². The van der Waals surface area contributed by atoms with Crippen molar-refractivity contribution in [1.29, 1.82) is 0 Å². The fraction of sp³-hybridized carbons (Fsp3) is 0.333. The van der Waals surface area contributed by atoms with Gasteiger partial charge in [-0.3, -0.25) is 10.1 Å². The van der Waals surface area contributed by atoms with E-state index >= 15 is 0 Å². The van der Waals surface area contributed by atoms with Crippen LogP contribution in [0.1, 0.15) is 19.7 Å². The molecule has 0 saturated heterocycles. The largest absolute Gasteiger partial charge is 0.339 e. The van der Waals surface area contributed by atoms with Crippen molar-refractivity contribution in [3.05, 3.63) is 39.2 Å². The van der Waals surface area contributed by atoms with Gasteiger partial charge in [0.15, 0.2) is 0 Å². The Bertz CT molecular complexity index is 610. The smallest absolute Gasteiger partial charge is 0.288 e. The number of hydrogen-bond donors (Lipinski definition) is 0. The highest BCUT2D eigenvalue weighted by Gasteiger charge is 2.16. The van der Waals surface area contributed by atoms with Gasteiger partial charge in [0.2, 0.25) is 11.7 Å². The number of nitro benzene ring substituents is 1. The lowest BCUT2D eigenvalue weighted by Crippen LogP contribution is -1.94. The average Bonchev–Trinajstić information content (AvgIpc) is 2.76. The highest BCUT2D eigenvalue weighted by molar-refractivity contribution is 6.32. The van der Waals surface area contributed by atoms with Crippen LogP contribution in [0.25, 0.3) is 11.4 Å². The molecule has 0 bridgehead atoms. The molecule has 0 fully saturated rings. The summed E-state index contributed by atoms with van der Waals surface area (Å²) in [5, 5.41) is 14.7. The van der Waals surface area contributed by atoms with Crippen molar-refractivity contribution >= 4 is 17.3 Å². The number of rotatable bonds is 4. The van der Waals surface area contributed by atoms with Crippen LogP contribution in [0.15, 0.2) is 22.7 Å². The average molecular weight is 282 g/mol. The Kier molecular flexibility index (Phi) is 3.80. The van der Waals surface area contributed by atoms with E-state index in [1.54, 1.807) is 6.07 Å². The molecule has 0 radical (unpaired) electrons. The van der Waals surface area contributed by atoms with Crippen LogP contribution in [-0.4, -0.2) is 15.1 Å². The molecule has 1 heterocycles. The summed E-state index contributed by atoms with van der Waals surface area (Å²) in [7, 11) is 0. The van der Waals surface area contributed by atoms with Crippen LogP contribution in [-0.2, 0) is 6.42 Å². The van der Waals surface area contributed by atoms with Crippen LogP contribution in [0.4, 0.5) is 5.69 Å². The second kappa shape index (κ2) is 5.36. The first-order valence-corrected chi connectivity index (χ1v) is 6.12. The predicted octanol–water partition coefficient (Wildman–Crippen LogP) is 3.50. The lowest BCUT2D eigenvalue weighted by atomic mass is 10.1. The molecule has 2 rings (SSSR count). The minimum atomic E-state index is -0.541. The predicted molar refractivity (Wildman–Crippen MR) is 69.9 cm³/mol. The molecule has 0 unspecified atom stereocenters. The Morgan fingerprint density at radius 3 is 2.84 bits per heavy atom. The van der Waals surface area contributed by atoms with E-state index in [9.17, 15) is 10.1 Å². The molecule has 0 spiro atoms. The van der Waals surface area contributed by atoms with Crippen LogP contribution in [0, 0.1) is 16.0 Å². The summed E-state index contributed by atoms with van der Waals surface area (Å²) in [6, 6.07) is 4.42. The molecule has 19 heavy (non-hydrogen) atoms. The maximum atomic E-state index is 10.8. The zero-order chi connectivity index (χ0) is 14.0. The summed E-state index contributed by atoms with van der Waals surface area (Å²) in [6.45, 7) is 4.08. The van der Waals surface area contributed by atoms with E-state index in [2.05, 4.69) is 10.1 Å². The number of nitro groups is 1. The summed E-state index contributed by atoms with van der Waals surface area (Å²) < 4.78 is 5.10. The van der Waals surface area contributed by atoms with Gasteiger partial charge < -0.3 is 4.52 Å². The van der Waals surface area contributed by atoms with Gasteiger partial charge in [-0.05, 0) is 18.1 Å². The maximum Gasteiger partial charge on any atom is 0.288 e. The van der Waals surface area contributed by atoms with Crippen LogP contribution < -0.4 is 0 Å². The molecule has 0 amide bonds. The highest BCUT2D eigenvalue weighted by atomic mass is 35.5. The van der Waals surface area contributed by atoms with E-state index in [0.717, 1.165) is 0 Å². The SMILES string of the molecule is CC(C)Cc1nc(-c2ccc(Cl)c([N+](=O)[O-])c2)no1. The third kappa shape index (κ3) is 3.08. The first-order chi connectivity index (χ1) is 8.97. The molecule has 6 nitrogen and oxygen atoms in total. The minimum absolute atomic E-state index is 0.0830. The molecule has 0 aliphatic carbocycles. The van der Waals surface area contributed by atoms with E-state index < -0.39 is 4.92 Å². The minimum Gasteiger partial charge on any atom is -0.339 e. The van der Waals surface area contributed by atoms with Gasteiger partial charge in [0.1, 0.15) is 5.02 Å². The molecule has 1 aromatic carbocycles. The van der Waals surface area contributed by atoms with Gasteiger partial charge >= 0.3 is 0 Å². The summed E-state index contributed by atoms with van der Waals surface area (Å²) >= 11 is 5.75. The number of halogens is 1. The Morgan fingerprint density at radius 2 is 2.21 bits per heavy atom. The molecule has 0 atom stereocenters. The van der Waals surface area contributed by atoms with Gasteiger partial charge in [0, 0.05) is 18.1 Å². The van der Waals surface area contributed by atoms with Crippen molar-refractivity contribution in [2.45, 2.75) is 20.3 Å². The molecule has 100 valence electrons. The topological polar surface area (TPSA) is 82.1 Å². The fourth-order valence-corrected chi connectivity index (χ4v) is 1.78. The van der Waals surface area contributed by atoms with Crippen LogP contribution in [0.3, 0.4) is 0 Å². The van der Waals surface area contributed by atoms with E-state index in [0.29, 0.717) is 29.6 Å². The van der Waals surface area contributed by atoms with Crippen molar-refractivity contribution in [3.8, 4) is 11.4 Å². The second-order valence-corrected chi connectivity index (χ2v) is 4.94. The fourth-order valence-electron chi connectivity index (χ4n) is 1.60. The molecule has 1 aromatic heterocycles. The van der Waals surface area contributed by atoms with Crippen molar-refractivity contribution < 1.29 is 9.45 Å². The zero-order valence-electron chi connectivity index (χ0n) is 10.5. The molecular formula is C12H12ClN3O3. The Hall–Kier alpha value is -1.95. The molecule has 0 saturated carbocycles. The molecule has 0 aliphatic rings. The molecular weight excluding hydrogens is 270 g/mol. The van der Waals surface area contributed by atoms with Crippen molar-refractivity contribution in [2.24, 2.45) is 5.92 Å². The third-order valence-electron chi connectivity index (χ3n) is 2.45. The number of aromatic nitrogens is 2. The van der Waals surface area contributed by atoms with Crippen molar-refractivity contribution in [2.75, 3.05) is 0 Å². The van der Waals surface area contributed by atoms with Gasteiger partial charge in [0.25, 0.3) is 5.69 Å². The molecule has 0 aliphatic heterocycles. The first kappa shape index (κ1) is 13.5. The van der Waals surface area contributed by atoms with Gasteiger partial charge in [-0.25, -0.2) is 0 Å². The maximum absolute atomic E-state index is 10.8. The monoisotopic (exact) mass is 281 g/mol. The van der Waals surface area contributed by atoms with Gasteiger partial charge in [-0.15, -0.1) is 0 Å². The van der Waals surface area contributed by atoms with Gasteiger partial charge in [-0.2, -0.15) is 4.98 Å². The summed E-state index contributed by atoms with van der Waals surface area (Å²) in [6.07, 6.45) is 0.669. The number of benzene rings is 1. The van der Waals surface area contributed by atoms with Crippen LogP contribution >= 0.6 is 11.6 Å². The van der Waals surface area contributed by atoms with E-state index in [4.69, 9.17) is 16.1 Å². The zero-order valence-corrected chi connectivity index (χ0v) is 11.2. The first-order valence-electron chi connectivity index (χ1n) is 5.74. The lowest BCUT2D eigenvalue weighted by molar-refractivity contribution is -0.384. The quantitative estimate of drug-likeness (QED) is 0.633. The van der Waals surface area contributed by atoms with Gasteiger partial charge in [0.05, 0.1) is 4.92 Å². The van der Waals surface area contributed by atoms with Crippen LogP contribution in [0.2, 0.25) is 5.02 Å². The number of hydrogen-bond acceptors (Lipinski definition) is 5. The molecule has 7 heteroatoms. The van der Waals surface area contributed by atoms with Crippen molar-refractivity contribution in [1.82, 2.24) is 10.1 Å². The molecule has 0 N–H and O–H groups in total. The van der Waals surface area contributed by atoms with E-state index in [-0.39, 0.29) is 10.7 Å². The third-order valence-corrected chi connectivity index (χ3v) is 2.77. The summed E-state index contributed by atoms with van der Waals surface area (Å²) in [5.41, 5.74) is 0.337.